The maximum Gasteiger partial charge on any atom is 0.328 e. The van der Waals surface area contributed by atoms with Crippen molar-refractivity contribution in [3.63, 3.8) is 0 Å². The quantitative estimate of drug-likeness (QED) is 0.832. The van der Waals surface area contributed by atoms with Gasteiger partial charge >= 0.3 is 5.97 Å². The summed E-state index contributed by atoms with van der Waals surface area (Å²) in [5.74, 6) is -1.86. The number of carbonyl (C=O) groups excluding carboxylic acids is 2. The fraction of sp³-hybridized carbons (Fsp3) is 0.429. The van der Waals surface area contributed by atoms with Crippen LogP contribution < -0.4 is 5.32 Å². The smallest absolute Gasteiger partial charge is 0.328 e. The van der Waals surface area contributed by atoms with E-state index in [1.165, 1.54) is 25.3 Å². The minimum absolute atomic E-state index is 0.0836. The van der Waals surface area contributed by atoms with E-state index in [0.29, 0.717) is 6.42 Å². The first-order valence-electron chi connectivity index (χ1n) is 6.14. The average Bonchev–Trinajstić information content (AvgIpc) is 2.43. The molecule has 1 N–H and O–H groups in total. The zero-order valence-electron chi connectivity index (χ0n) is 11.3. The van der Waals surface area contributed by atoms with Gasteiger partial charge in [-0.1, -0.05) is 32.4 Å². The van der Waals surface area contributed by atoms with Crippen LogP contribution in [0.2, 0.25) is 0 Å². The average molecular weight is 267 g/mol. The third-order valence-electron chi connectivity index (χ3n) is 3.07. The summed E-state index contributed by atoms with van der Waals surface area (Å²) in [6, 6.07) is 4.86. The highest BCUT2D eigenvalue weighted by atomic mass is 19.1. The summed E-state index contributed by atoms with van der Waals surface area (Å²) in [6.45, 7) is 3.72. The fourth-order valence-electron chi connectivity index (χ4n) is 1.66. The summed E-state index contributed by atoms with van der Waals surface area (Å²) in [5.41, 5.74) is -0.0836. The molecule has 104 valence electrons. The van der Waals surface area contributed by atoms with Gasteiger partial charge in [0.2, 0.25) is 0 Å². The van der Waals surface area contributed by atoms with Gasteiger partial charge in [0.25, 0.3) is 5.91 Å². The molecule has 4 nitrogen and oxygen atoms in total. The van der Waals surface area contributed by atoms with E-state index in [4.69, 9.17) is 0 Å². The van der Waals surface area contributed by atoms with E-state index >= 15 is 0 Å². The standard InChI is InChI=1S/C14H18FNO3/c1-4-9(2)12(14(18)19-3)16-13(17)10-7-5-6-8-11(10)15/h5-9,12H,4H2,1-3H3,(H,16,17). The van der Waals surface area contributed by atoms with Crippen LogP contribution in [0.25, 0.3) is 0 Å². The molecule has 0 spiro atoms. The van der Waals surface area contributed by atoms with Crippen molar-refractivity contribution in [2.24, 2.45) is 5.92 Å². The number of methoxy groups -OCH3 is 1. The number of hydrogen-bond acceptors (Lipinski definition) is 3. The van der Waals surface area contributed by atoms with Gasteiger partial charge < -0.3 is 10.1 Å². The highest BCUT2D eigenvalue weighted by Crippen LogP contribution is 2.12. The van der Waals surface area contributed by atoms with Crippen LogP contribution >= 0.6 is 0 Å². The second kappa shape index (κ2) is 6.87. The molecular weight excluding hydrogens is 249 g/mol. The van der Waals surface area contributed by atoms with Gasteiger partial charge in [0.15, 0.2) is 0 Å². The minimum atomic E-state index is -0.776. The number of carbonyl (C=O) groups is 2. The number of benzene rings is 1. The van der Waals surface area contributed by atoms with E-state index in [0.717, 1.165) is 0 Å². The molecule has 0 heterocycles. The lowest BCUT2D eigenvalue weighted by Crippen LogP contribution is -2.45. The first-order chi connectivity index (χ1) is 9.01. The Morgan fingerprint density at radius 1 is 1.37 bits per heavy atom. The molecule has 0 saturated heterocycles. The predicted octanol–water partition coefficient (Wildman–Crippen LogP) is 2.14. The molecule has 0 bridgehead atoms. The van der Waals surface area contributed by atoms with Gasteiger partial charge in [-0.2, -0.15) is 0 Å². The topological polar surface area (TPSA) is 55.4 Å². The number of hydrogen-bond donors (Lipinski definition) is 1. The third-order valence-corrected chi connectivity index (χ3v) is 3.07. The van der Waals surface area contributed by atoms with Crippen LogP contribution in [0.4, 0.5) is 4.39 Å². The molecule has 1 aromatic carbocycles. The summed E-state index contributed by atoms with van der Waals surface area (Å²) in [7, 11) is 1.26. The Labute approximate surface area is 112 Å². The zero-order valence-corrected chi connectivity index (χ0v) is 11.3. The maximum atomic E-state index is 13.5. The Kier molecular flexibility index (Phi) is 5.48. The van der Waals surface area contributed by atoms with Crippen LogP contribution in [-0.2, 0) is 9.53 Å². The van der Waals surface area contributed by atoms with E-state index in [-0.39, 0.29) is 11.5 Å². The second-order valence-corrected chi connectivity index (χ2v) is 4.34. The van der Waals surface area contributed by atoms with Gasteiger partial charge in [0.1, 0.15) is 11.9 Å². The van der Waals surface area contributed by atoms with Gasteiger partial charge in [-0.25, -0.2) is 9.18 Å². The molecule has 19 heavy (non-hydrogen) atoms. The van der Waals surface area contributed by atoms with E-state index < -0.39 is 23.7 Å². The van der Waals surface area contributed by atoms with E-state index in [1.807, 2.05) is 13.8 Å². The first-order valence-corrected chi connectivity index (χ1v) is 6.14. The maximum absolute atomic E-state index is 13.5. The summed E-state index contributed by atoms with van der Waals surface area (Å²) < 4.78 is 18.1. The van der Waals surface area contributed by atoms with Crippen molar-refractivity contribution in [1.82, 2.24) is 5.32 Å². The summed E-state index contributed by atoms with van der Waals surface area (Å²) in [6.07, 6.45) is 0.692. The Bertz CT molecular complexity index is 462. The number of nitrogens with one attached hydrogen (secondary N) is 1. The molecule has 0 aromatic heterocycles. The molecule has 0 fully saturated rings. The molecule has 0 aliphatic heterocycles. The molecule has 1 aromatic rings. The molecule has 0 aliphatic carbocycles. The van der Waals surface area contributed by atoms with Crippen molar-refractivity contribution < 1.29 is 18.7 Å². The molecule has 0 saturated carbocycles. The lowest BCUT2D eigenvalue weighted by atomic mass is 9.99. The predicted molar refractivity (Wildman–Crippen MR) is 69.1 cm³/mol. The van der Waals surface area contributed by atoms with Crippen molar-refractivity contribution in [2.45, 2.75) is 26.3 Å². The molecule has 0 aliphatic rings. The SMILES string of the molecule is CCC(C)C(NC(=O)c1ccccc1F)C(=O)OC. The van der Waals surface area contributed by atoms with Gasteiger partial charge in [-0.15, -0.1) is 0 Å². The zero-order chi connectivity index (χ0) is 14.4. The number of halogens is 1. The Hall–Kier alpha value is -1.91. The van der Waals surface area contributed by atoms with E-state index in [2.05, 4.69) is 10.1 Å². The Balaban J connectivity index is 2.88. The monoisotopic (exact) mass is 267 g/mol. The van der Waals surface area contributed by atoms with E-state index in [1.54, 1.807) is 6.07 Å². The molecule has 1 amide bonds. The molecule has 5 heteroatoms. The summed E-state index contributed by atoms with van der Waals surface area (Å²) in [5, 5.41) is 2.52. The number of amides is 1. The Morgan fingerprint density at radius 3 is 2.53 bits per heavy atom. The number of esters is 1. The molecule has 1 rings (SSSR count). The number of ether oxygens (including phenoxy) is 1. The van der Waals surface area contributed by atoms with Crippen LogP contribution in [0.3, 0.4) is 0 Å². The van der Waals surface area contributed by atoms with Crippen LogP contribution in [0.5, 0.6) is 0 Å². The first kappa shape index (κ1) is 15.1. The van der Waals surface area contributed by atoms with Crippen molar-refractivity contribution in [3.8, 4) is 0 Å². The normalized spacial score (nSPS) is 13.5. The summed E-state index contributed by atoms with van der Waals surface area (Å²) in [4.78, 5) is 23.6. The molecular formula is C14H18FNO3. The van der Waals surface area contributed by atoms with Crippen molar-refractivity contribution in [1.29, 1.82) is 0 Å². The lowest BCUT2D eigenvalue weighted by molar-refractivity contribution is -0.144. The van der Waals surface area contributed by atoms with Crippen LogP contribution in [0, 0.1) is 11.7 Å². The van der Waals surface area contributed by atoms with Crippen LogP contribution in [0.15, 0.2) is 24.3 Å². The largest absolute Gasteiger partial charge is 0.467 e. The molecule has 2 unspecified atom stereocenters. The van der Waals surface area contributed by atoms with Crippen molar-refractivity contribution in [3.05, 3.63) is 35.6 Å². The highest BCUT2D eigenvalue weighted by Gasteiger charge is 2.27. The van der Waals surface area contributed by atoms with Crippen molar-refractivity contribution in [2.75, 3.05) is 7.11 Å². The second-order valence-electron chi connectivity index (χ2n) is 4.34. The third kappa shape index (κ3) is 3.77. The highest BCUT2D eigenvalue weighted by molar-refractivity contribution is 5.97. The van der Waals surface area contributed by atoms with Gasteiger partial charge in [0.05, 0.1) is 12.7 Å². The Morgan fingerprint density at radius 2 is 2.00 bits per heavy atom. The van der Waals surface area contributed by atoms with Crippen LogP contribution in [0.1, 0.15) is 30.6 Å². The van der Waals surface area contributed by atoms with Gasteiger partial charge in [-0.05, 0) is 18.1 Å². The van der Waals surface area contributed by atoms with Gasteiger partial charge in [0, 0.05) is 0 Å². The molecule has 0 radical (unpaired) electrons. The number of rotatable bonds is 5. The lowest BCUT2D eigenvalue weighted by Gasteiger charge is -2.21. The minimum Gasteiger partial charge on any atom is -0.467 e. The van der Waals surface area contributed by atoms with E-state index in [9.17, 15) is 14.0 Å². The van der Waals surface area contributed by atoms with Crippen molar-refractivity contribution >= 4 is 11.9 Å². The summed E-state index contributed by atoms with van der Waals surface area (Å²) >= 11 is 0. The molecule has 2 atom stereocenters. The fourth-order valence-corrected chi connectivity index (χ4v) is 1.66. The van der Waals surface area contributed by atoms with Crippen LogP contribution in [-0.4, -0.2) is 25.0 Å². The van der Waals surface area contributed by atoms with Gasteiger partial charge in [-0.3, -0.25) is 4.79 Å².